The van der Waals surface area contributed by atoms with Gasteiger partial charge in [-0.15, -0.1) is 0 Å². The van der Waals surface area contributed by atoms with Gasteiger partial charge in [-0.3, -0.25) is 4.79 Å². The van der Waals surface area contributed by atoms with E-state index in [0.29, 0.717) is 59.3 Å². The molecule has 0 N–H and O–H groups in total. The maximum atomic E-state index is 13.7. The van der Waals surface area contributed by atoms with Gasteiger partial charge in [-0.2, -0.15) is 0 Å². The standard InChI is InChI=1S/C26H22ClFN4O3/c1-35-25(34)17-5-10-22-23(15-17)29-26(32(24(22)33)21-4-2-3-18(27)16-21)31-13-11-30(12-14-31)20-8-6-19(28)7-9-20/h2-10,15-16H,11-14H2,1H3. The van der Waals surface area contributed by atoms with E-state index in [4.69, 9.17) is 21.3 Å². The van der Waals surface area contributed by atoms with Gasteiger partial charge in [-0.25, -0.2) is 18.7 Å². The molecule has 7 nitrogen and oxygen atoms in total. The van der Waals surface area contributed by atoms with E-state index in [1.807, 2.05) is 11.0 Å². The lowest BCUT2D eigenvalue weighted by atomic mass is 10.1. The number of fused-ring (bicyclic) bond motifs is 1. The third-order valence-corrected chi connectivity index (χ3v) is 6.33. The number of aromatic nitrogens is 2. The molecule has 1 fully saturated rings. The number of anilines is 2. The summed E-state index contributed by atoms with van der Waals surface area (Å²) in [4.78, 5) is 34.7. The third-order valence-electron chi connectivity index (χ3n) is 6.09. The fourth-order valence-electron chi connectivity index (χ4n) is 4.30. The topological polar surface area (TPSA) is 67.7 Å². The lowest BCUT2D eigenvalue weighted by Gasteiger charge is -2.37. The first-order valence-corrected chi connectivity index (χ1v) is 11.5. The number of piperazine rings is 1. The van der Waals surface area contributed by atoms with Crippen LogP contribution < -0.4 is 15.4 Å². The quantitative estimate of drug-likeness (QED) is 0.396. The van der Waals surface area contributed by atoms with Gasteiger partial charge in [-0.05, 0) is 60.7 Å². The van der Waals surface area contributed by atoms with Gasteiger partial charge in [0.15, 0.2) is 0 Å². The van der Waals surface area contributed by atoms with Crippen LogP contribution in [-0.4, -0.2) is 48.8 Å². The van der Waals surface area contributed by atoms with E-state index in [-0.39, 0.29) is 11.4 Å². The van der Waals surface area contributed by atoms with Gasteiger partial charge >= 0.3 is 5.97 Å². The summed E-state index contributed by atoms with van der Waals surface area (Å²) in [6.45, 7) is 2.51. The molecule has 1 aromatic heterocycles. The molecule has 1 aliphatic rings. The predicted molar refractivity (Wildman–Crippen MR) is 135 cm³/mol. The largest absolute Gasteiger partial charge is 0.465 e. The Kier molecular flexibility index (Phi) is 6.13. The first-order chi connectivity index (χ1) is 16.9. The number of methoxy groups -OCH3 is 1. The van der Waals surface area contributed by atoms with Gasteiger partial charge < -0.3 is 14.5 Å². The lowest BCUT2D eigenvalue weighted by Crippen LogP contribution is -2.48. The lowest BCUT2D eigenvalue weighted by molar-refractivity contribution is 0.0601. The molecule has 9 heteroatoms. The van der Waals surface area contributed by atoms with E-state index < -0.39 is 5.97 Å². The SMILES string of the molecule is COC(=O)c1ccc2c(=O)n(-c3cccc(Cl)c3)c(N3CCN(c4ccc(F)cc4)CC3)nc2c1. The number of benzene rings is 3. The van der Waals surface area contributed by atoms with Gasteiger partial charge in [0.25, 0.3) is 5.56 Å². The summed E-state index contributed by atoms with van der Waals surface area (Å²) in [6, 6.07) is 18.2. The Labute approximate surface area is 205 Å². The van der Waals surface area contributed by atoms with Crippen molar-refractivity contribution >= 4 is 40.1 Å². The number of nitrogens with zero attached hydrogens (tertiary/aromatic N) is 4. The predicted octanol–water partition coefficient (Wildman–Crippen LogP) is 4.29. The van der Waals surface area contributed by atoms with Crippen molar-refractivity contribution in [3.63, 3.8) is 0 Å². The van der Waals surface area contributed by atoms with Crippen molar-refractivity contribution in [2.75, 3.05) is 43.1 Å². The maximum Gasteiger partial charge on any atom is 0.337 e. The number of carbonyl (C=O) groups excluding carboxylic acids is 1. The van der Waals surface area contributed by atoms with Crippen molar-refractivity contribution in [1.82, 2.24) is 9.55 Å². The monoisotopic (exact) mass is 492 g/mol. The molecule has 3 aromatic carbocycles. The van der Waals surface area contributed by atoms with Gasteiger partial charge in [0.1, 0.15) is 5.82 Å². The molecule has 0 atom stereocenters. The van der Waals surface area contributed by atoms with E-state index in [0.717, 1.165) is 5.69 Å². The number of rotatable bonds is 4. The number of esters is 1. The first-order valence-electron chi connectivity index (χ1n) is 11.1. The highest BCUT2D eigenvalue weighted by Gasteiger charge is 2.24. The summed E-state index contributed by atoms with van der Waals surface area (Å²) >= 11 is 6.24. The molecule has 0 aliphatic carbocycles. The molecular formula is C26H22ClFN4O3. The zero-order valence-electron chi connectivity index (χ0n) is 18.9. The number of hydrogen-bond acceptors (Lipinski definition) is 6. The van der Waals surface area contributed by atoms with Crippen LogP contribution in [0, 0.1) is 5.82 Å². The molecular weight excluding hydrogens is 471 g/mol. The Morgan fingerprint density at radius 2 is 1.66 bits per heavy atom. The minimum atomic E-state index is -0.498. The molecule has 1 aliphatic heterocycles. The molecule has 1 saturated heterocycles. The molecule has 5 rings (SSSR count). The fraction of sp³-hybridized carbons (Fsp3) is 0.192. The smallest absolute Gasteiger partial charge is 0.337 e. The minimum absolute atomic E-state index is 0.260. The molecule has 4 aromatic rings. The van der Waals surface area contributed by atoms with Crippen molar-refractivity contribution in [3.05, 3.63) is 93.5 Å². The van der Waals surface area contributed by atoms with Gasteiger partial charge in [-0.1, -0.05) is 17.7 Å². The average Bonchev–Trinajstić information content (AvgIpc) is 2.88. The minimum Gasteiger partial charge on any atom is -0.465 e. The highest BCUT2D eigenvalue weighted by atomic mass is 35.5. The van der Waals surface area contributed by atoms with Crippen LogP contribution in [0.2, 0.25) is 5.02 Å². The van der Waals surface area contributed by atoms with E-state index in [1.165, 1.54) is 19.2 Å². The Morgan fingerprint density at radius 1 is 0.943 bits per heavy atom. The summed E-state index contributed by atoms with van der Waals surface area (Å²) in [5, 5.41) is 0.883. The summed E-state index contributed by atoms with van der Waals surface area (Å²) < 4.78 is 19.7. The van der Waals surface area contributed by atoms with Crippen molar-refractivity contribution in [2.24, 2.45) is 0 Å². The van der Waals surface area contributed by atoms with Crippen LogP contribution in [0.3, 0.4) is 0 Å². The number of carbonyl (C=O) groups is 1. The summed E-state index contributed by atoms with van der Waals surface area (Å²) in [5.41, 5.74) is 2.01. The Bertz CT molecular complexity index is 1460. The first kappa shape index (κ1) is 22.9. The van der Waals surface area contributed by atoms with Crippen LogP contribution in [0.5, 0.6) is 0 Å². The van der Waals surface area contributed by atoms with E-state index in [2.05, 4.69) is 4.90 Å². The zero-order valence-corrected chi connectivity index (χ0v) is 19.7. The van der Waals surface area contributed by atoms with Crippen LogP contribution in [0.25, 0.3) is 16.6 Å². The molecule has 0 bridgehead atoms. The third kappa shape index (κ3) is 4.44. The van der Waals surface area contributed by atoms with Crippen LogP contribution in [-0.2, 0) is 4.74 Å². The van der Waals surface area contributed by atoms with Crippen molar-refractivity contribution in [1.29, 1.82) is 0 Å². The van der Waals surface area contributed by atoms with Crippen molar-refractivity contribution in [2.45, 2.75) is 0 Å². The van der Waals surface area contributed by atoms with Crippen LogP contribution >= 0.6 is 11.6 Å². The number of hydrogen-bond donors (Lipinski definition) is 0. The molecule has 0 saturated carbocycles. The van der Waals surface area contributed by atoms with Gasteiger partial charge in [0, 0.05) is 36.9 Å². The molecule has 0 spiro atoms. The summed E-state index contributed by atoms with van der Waals surface area (Å²) in [7, 11) is 1.31. The number of halogens is 2. The van der Waals surface area contributed by atoms with E-state index >= 15 is 0 Å². The zero-order chi connectivity index (χ0) is 24.5. The highest BCUT2D eigenvalue weighted by molar-refractivity contribution is 6.30. The second kappa shape index (κ2) is 9.38. The van der Waals surface area contributed by atoms with Crippen molar-refractivity contribution in [3.8, 4) is 5.69 Å². The van der Waals surface area contributed by atoms with Crippen molar-refractivity contribution < 1.29 is 13.9 Å². The number of ether oxygens (including phenoxy) is 1. The Hall–Kier alpha value is -3.91. The molecule has 0 unspecified atom stereocenters. The molecule has 178 valence electrons. The van der Waals surface area contributed by atoms with Crippen LogP contribution in [0.15, 0.2) is 71.5 Å². The van der Waals surface area contributed by atoms with E-state index in [1.54, 1.807) is 53.1 Å². The molecule has 0 amide bonds. The average molecular weight is 493 g/mol. The molecule has 2 heterocycles. The fourth-order valence-corrected chi connectivity index (χ4v) is 4.48. The molecule has 35 heavy (non-hydrogen) atoms. The highest BCUT2D eigenvalue weighted by Crippen LogP contribution is 2.25. The summed E-state index contributed by atoms with van der Waals surface area (Å²) in [6.07, 6.45) is 0. The Morgan fingerprint density at radius 3 is 2.34 bits per heavy atom. The molecule has 0 radical (unpaired) electrons. The van der Waals surface area contributed by atoms with E-state index in [9.17, 15) is 14.0 Å². The van der Waals surface area contributed by atoms with Gasteiger partial charge in [0.2, 0.25) is 5.95 Å². The van der Waals surface area contributed by atoms with Crippen LogP contribution in [0.1, 0.15) is 10.4 Å². The van der Waals surface area contributed by atoms with Gasteiger partial charge in [0.05, 0.1) is 29.3 Å². The maximum absolute atomic E-state index is 13.7. The second-order valence-corrected chi connectivity index (χ2v) is 8.64. The normalized spacial score (nSPS) is 13.8. The Balaban J connectivity index is 1.58. The summed E-state index contributed by atoms with van der Waals surface area (Å²) in [5.74, 6) is -0.308. The van der Waals surface area contributed by atoms with Crippen LogP contribution in [0.4, 0.5) is 16.0 Å². The second-order valence-electron chi connectivity index (χ2n) is 8.21.